The predicted molar refractivity (Wildman–Crippen MR) is 78.7 cm³/mol. The second kappa shape index (κ2) is 9.61. The van der Waals surface area contributed by atoms with E-state index in [4.69, 9.17) is 0 Å². The summed E-state index contributed by atoms with van der Waals surface area (Å²) in [6, 6.07) is 3.35. The lowest BCUT2D eigenvalue weighted by Crippen LogP contribution is -2.08. The molecule has 1 N–H and O–H groups in total. The number of nitrogens with one attached hydrogen (secondary N) is 1. The molecule has 0 bridgehead atoms. The average molecular weight is 283 g/mol. The number of unbranched alkanes of at least 4 members (excludes halogenated alkanes) is 3. The molecule has 0 unspecified atom stereocenters. The first-order valence-corrected chi connectivity index (χ1v) is 7.82. The molecule has 0 aliphatic heterocycles. The first-order valence-electron chi connectivity index (χ1n) is 6.42. The van der Waals surface area contributed by atoms with E-state index < -0.39 is 5.97 Å². The fourth-order valence-corrected chi connectivity index (χ4v) is 2.07. The number of hydrogen-bond acceptors (Lipinski definition) is 6. The zero-order chi connectivity index (χ0) is 13.9. The van der Waals surface area contributed by atoms with Gasteiger partial charge in [-0.3, -0.25) is 0 Å². The van der Waals surface area contributed by atoms with Crippen molar-refractivity contribution in [2.24, 2.45) is 0 Å². The maximum Gasteiger partial charge on any atom is 0.358 e. The monoisotopic (exact) mass is 283 g/mol. The Morgan fingerprint density at radius 2 is 2.05 bits per heavy atom. The molecule has 0 spiro atoms. The molecule has 106 valence electrons. The van der Waals surface area contributed by atoms with Crippen molar-refractivity contribution in [2.45, 2.75) is 25.7 Å². The maximum atomic E-state index is 11.2. The summed E-state index contributed by atoms with van der Waals surface area (Å²) in [5.74, 6) is 1.47. The summed E-state index contributed by atoms with van der Waals surface area (Å²) in [4.78, 5) is 11.2. The lowest BCUT2D eigenvalue weighted by molar-refractivity contribution is 0.0593. The number of carbonyl (C=O) groups is 1. The largest absolute Gasteiger partial charge is 0.464 e. The third-order valence-electron chi connectivity index (χ3n) is 2.64. The predicted octanol–water partition coefficient (Wildman–Crippen LogP) is 2.60. The molecule has 0 radical (unpaired) electrons. The fraction of sp³-hybridized carbons (Fsp3) is 0.615. The maximum absolute atomic E-state index is 11.2. The van der Waals surface area contributed by atoms with Crippen LogP contribution in [0.25, 0.3) is 0 Å². The van der Waals surface area contributed by atoms with Crippen molar-refractivity contribution in [2.75, 3.05) is 31.0 Å². The molecule has 0 saturated heterocycles. The van der Waals surface area contributed by atoms with Gasteiger partial charge in [0.15, 0.2) is 5.69 Å². The Balaban J connectivity index is 2.18. The van der Waals surface area contributed by atoms with Gasteiger partial charge in [0.2, 0.25) is 0 Å². The number of thioether (sulfide) groups is 1. The molecule has 6 heteroatoms. The van der Waals surface area contributed by atoms with Crippen LogP contribution >= 0.6 is 11.8 Å². The summed E-state index contributed by atoms with van der Waals surface area (Å²) in [7, 11) is 1.33. The van der Waals surface area contributed by atoms with Crippen molar-refractivity contribution in [3.8, 4) is 0 Å². The zero-order valence-electron chi connectivity index (χ0n) is 11.5. The van der Waals surface area contributed by atoms with E-state index in [1.165, 1.54) is 32.1 Å². The van der Waals surface area contributed by atoms with Gasteiger partial charge in [-0.25, -0.2) is 4.79 Å². The van der Waals surface area contributed by atoms with Crippen LogP contribution in [-0.4, -0.2) is 41.8 Å². The van der Waals surface area contributed by atoms with Crippen LogP contribution in [0.15, 0.2) is 12.1 Å². The van der Waals surface area contributed by atoms with Gasteiger partial charge in [-0.15, -0.1) is 10.2 Å². The van der Waals surface area contributed by atoms with Gasteiger partial charge in [0.1, 0.15) is 5.82 Å². The highest BCUT2D eigenvalue weighted by atomic mass is 32.2. The first kappa shape index (κ1) is 15.8. The molecule has 0 atom stereocenters. The molecule has 5 nitrogen and oxygen atoms in total. The highest BCUT2D eigenvalue weighted by molar-refractivity contribution is 7.98. The number of aromatic nitrogens is 2. The van der Waals surface area contributed by atoms with Gasteiger partial charge < -0.3 is 10.1 Å². The Morgan fingerprint density at radius 1 is 1.26 bits per heavy atom. The van der Waals surface area contributed by atoms with E-state index in [9.17, 15) is 4.79 Å². The molecule has 1 aromatic heterocycles. The second-order valence-electron chi connectivity index (χ2n) is 4.13. The quantitative estimate of drug-likeness (QED) is 0.555. The van der Waals surface area contributed by atoms with E-state index in [1.54, 1.807) is 12.1 Å². The fourth-order valence-electron chi connectivity index (χ4n) is 1.58. The van der Waals surface area contributed by atoms with Gasteiger partial charge in [0.25, 0.3) is 0 Å². The number of nitrogens with zero attached hydrogens (tertiary/aromatic N) is 2. The second-order valence-corrected chi connectivity index (χ2v) is 5.11. The van der Waals surface area contributed by atoms with Gasteiger partial charge in [0.05, 0.1) is 7.11 Å². The SMILES string of the molecule is COC(=O)c1ccc(NCCCCCCSC)nn1. The lowest BCUT2D eigenvalue weighted by Gasteiger charge is -2.05. The van der Waals surface area contributed by atoms with Crippen molar-refractivity contribution in [3.63, 3.8) is 0 Å². The number of rotatable bonds is 9. The van der Waals surface area contributed by atoms with Gasteiger partial charge in [-0.05, 0) is 37.0 Å². The van der Waals surface area contributed by atoms with E-state index in [1.807, 2.05) is 11.8 Å². The number of ether oxygens (including phenoxy) is 1. The van der Waals surface area contributed by atoms with Crippen LogP contribution in [0.4, 0.5) is 5.82 Å². The standard InChI is InChI=1S/C13H21N3O2S/c1-18-13(17)11-7-8-12(16-15-11)14-9-5-3-4-6-10-19-2/h7-8H,3-6,9-10H2,1-2H3,(H,14,16). The molecule has 0 aliphatic carbocycles. The minimum Gasteiger partial charge on any atom is -0.464 e. The topological polar surface area (TPSA) is 64.1 Å². The summed E-state index contributed by atoms with van der Waals surface area (Å²) < 4.78 is 4.56. The Bertz CT molecular complexity index is 371. The molecule has 0 amide bonds. The Morgan fingerprint density at radius 3 is 2.68 bits per heavy atom. The van der Waals surface area contributed by atoms with Crippen LogP contribution in [0.2, 0.25) is 0 Å². The van der Waals surface area contributed by atoms with E-state index in [2.05, 4.69) is 26.5 Å². The first-order chi connectivity index (χ1) is 9.27. The van der Waals surface area contributed by atoms with Gasteiger partial charge >= 0.3 is 5.97 Å². The van der Waals surface area contributed by atoms with Crippen molar-refractivity contribution >= 4 is 23.5 Å². The number of carbonyl (C=O) groups excluding carboxylic acids is 1. The van der Waals surface area contributed by atoms with Crippen LogP contribution in [-0.2, 0) is 4.74 Å². The molecule has 0 aromatic carbocycles. The van der Waals surface area contributed by atoms with Crippen molar-refractivity contribution in [1.29, 1.82) is 0 Å². The van der Waals surface area contributed by atoms with E-state index in [0.29, 0.717) is 5.82 Å². The van der Waals surface area contributed by atoms with Crippen LogP contribution in [0.5, 0.6) is 0 Å². The molecular weight excluding hydrogens is 262 g/mol. The van der Waals surface area contributed by atoms with Crippen molar-refractivity contribution < 1.29 is 9.53 Å². The molecule has 1 heterocycles. The smallest absolute Gasteiger partial charge is 0.358 e. The van der Waals surface area contributed by atoms with Gasteiger partial charge in [0, 0.05) is 6.54 Å². The summed E-state index contributed by atoms with van der Waals surface area (Å²) in [5, 5.41) is 10.9. The van der Waals surface area contributed by atoms with Crippen LogP contribution < -0.4 is 5.32 Å². The lowest BCUT2D eigenvalue weighted by atomic mass is 10.2. The minimum absolute atomic E-state index is 0.227. The van der Waals surface area contributed by atoms with Gasteiger partial charge in [-0.2, -0.15) is 11.8 Å². The van der Waals surface area contributed by atoms with Crippen molar-refractivity contribution in [1.82, 2.24) is 10.2 Å². The molecule has 1 rings (SSSR count). The molecule has 0 fully saturated rings. The molecular formula is C13H21N3O2S. The van der Waals surface area contributed by atoms with Crippen molar-refractivity contribution in [3.05, 3.63) is 17.8 Å². The third kappa shape index (κ3) is 6.42. The number of methoxy groups -OCH3 is 1. The molecule has 19 heavy (non-hydrogen) atoms. The third-order valence-corrected chi connectivity index (χ3v) is 3.34. The zero-order valence-corrected chi connectivity index (χ0v) is 12.3. The number of esters is 1. The summed E-state index contributed by atoms with van der Waals surface area (Å²) in [5.41, 5.74) is 0.227. The van der Waals surface area contributed by atoms with E-state index in [0.717, 1.165) is 13.0 Å². The minimum atomic E-state index is -0.465. The van der Waals surface area contributed by atoms with Crippen LogP contribution in [0.1, 0.15) is 36.2 Å². The van der Waals surface area contributed by atoms with Gasteiger partial charge in [-0.1, -0.05) is 12.8 Å². The Kier molecular flexibility index (Phi) is 7.97. The number of anilines is 1. The Hall–Kier alpha value is -1.30. The molecule has 0 saturated carbocycles. The summed E-state index contributed by atoms with van der Waals surface area (Å²) in [6.45, 7) is 0.880. The normalized spacial score (nSPS) is 10.2. The highest BCUT2D eigenvalue weighted by Crippen LogP contribution is 2.06. The van der Waals surface area contributed by atoms with E-state index >= 15 is 0 Å². The highest BCUT2D eigenvalue weighted by Gasteiger charge is 2.06. The molecule has 0 aliphatic rings. The molecule has 1 aromatic rings. The Labute approximate surface area is 118 Å². The summed E-state index contributed by atoms with van der Waals surface area (Å²) in [6.07, 6.45) is 7.04. The number of hydrogen-bond donors (Lipinski definition) is 1. The van der Waals surface area contributed by atoms with Crippen LogP contribution in [0.3, 0.4) is 0 Å². The average Bonchev–Trinajstić information content (AvgIpc) is 2.46. The van der Waals surface area contributed by atoms with E-state index in [-0.39, 0.29) is 5.69 Å². The summed E-state index contributed by atoms with van der Waals surface area (Å²) >= 11 is 1.90. The van der Waals surface area contributed by atoms with Crippen LogP contribution in [0, 0.1) is 0 Å².